The Hall–Kier alpha value is -1.02. The third-order valence-electron chi connectivity index (χ3n) is 1.55. The number of rotatable bonds is 3. The molecule has 0 atom stereocenters. The van der Waals surface area contributed by atoms with Crippen LogP contribution in [-0.4, -0.2) is 24.0 Å². The molecule has 1 aromatic heterocycles. The maximum atomic E-state index is 5.74. The molecule has 0 saturated heterocycles. The van der Waals surface area contributed by atoms with E-state index in [1.165, 1.54) is 5.56 Å². The largest absolute Gasteiger partial charge is 0.384 e. The smallest absolute Gasteiger partial charge is 0.129 e. The van der Waals surface area contributed by atoms with E-state index >= 15 is 0 Å². The third kappa shape index (κ3) is 3.95. The van der Waals surface area contributed by atoms with E-state index in [0.717, 1.165) is 6.42 Å². The maximum absolute atomic E-state index is 5.74. The van der Waals surface area contributed by atoms with Gasteiger partial charge in [0.15, 0.2) is 0 Å². The fourth-order valence-electron chi connectivity index (χ4n) is 0.969. The first-order valence-corrected chi connectivity index (χ1v) is 4.50. The standard InChI is InChI=1S/C10H13ClN2/c1-13(2)7-3-4-9-5-6-12-10(11)8-9/h3,5-8H,4H2,1-2H3. The molecule has 0 aromatic carbocycles. The molecule has 1 aromatic rings. The van der Waals surface area contributed by atoms with Gasteiger partial charge in [-0.1, -0.05) is 17.7 Å². The Kier molecular flexibility index (Phi) is 3.77. The molecule has 1 rings (SSSR count). The van der Waals surface area contributed by atoms with Crippen molar-refractivity contribution in [2.75, 3.05) is 14.1 Å². The highest BCUT2D eigenvalue weighted by Crippen LogP contribution is 2.07. The first-order valence-electron chi connectivity index (χ1n) is 4.12. The molecule has 3 heteroatoms. The second-order valence-electron chi connectivity index (χ2n) is 3.04. The molecule has 0 aliphatic rings. The highest BCUT2D eigenvalue weighted by molar-refractivity contribution is 6.29. The van der Waals surface area contributed by atoms with E-state index in [0.29, 0.717) is 5.15 Å². The topological polar surface area (TPSA) is 16.1 Å². The van der Waals surface area contributed by atoms with E-state index < -0.39 is 0 Å². The van der Waals surface area contributed by atoms with Crippen molar-refractivity contribution in [3.05, 3.63) is 41.3 Å². The molecule has 0 radical (unpaired) electrons. The van der Waals surface area contributed by atoms with Crippen molar-refractivity contribution in [1.29, 1.82) is 0 Å². The van der Waals surface area contributed by atoms with Crippen LogP contribution in [0.4, 0.5) is 0 Å². The SMILES string of the molecule is CN(C)C=CCc1ccnc(Cl)c1. The molecule has 0 aliphatic heterocycles. The first kappa shape index (κ1) is 10.1. The lowest BCUT2D eigenvalue weighted by atomic mass is 10.2. The third-order valence-corrected chi connectivity index (χ3v) is 1.75. The molecule has 0 unspecified atom stereocenters. The van der Waals surface area contributed by atoms with E-state index in [9.17, 15) is 0 Å². The number of pyridine rings is 1. The molecule has 0 saturated carbocycles. The summed E-state index contributed by atoms with van der Waals surface area (Å²) in [5, 5.41) is 0.552. The fraction of sp³-hybridized carbons (Fsp3) is 0.300. The Bertz CT molecular complexity index is 295. The zero-order chi connectivity index (χ0) is 9.68. The van der Waals surface area contributed by atoms with Crippen LogP contribution in [0, 0.1) is 0 Å². The average Bonchev–Trinajstić information content (AvgIpc) is 2.03. The Labute approximate surface area is 83.8 Å². The van der Waals surface area contributed by atoms with Gasteiger partial charge >= 0.3 is 0 Å². The molecular weight excluding hydrogens is 184 g/mol. The lowest BCUT2D eigenvalue weighted by Crippen LogP contribution is -2.00. The number of halogens is 1. The molecule has 70 valence electrons. The van der Waals surface area contributed by atoms with Crippen molar-refractivity contribution in [2.45, 2.75) is 6.42 Å². The predicted octanol–water partition coefficient (Wildman–Crippen LogP) is 2.35. The van der Waals surface area contributed by atoms with Crippen LogP contribution in [0.3, 0.4) is 0 Å². The number of aromatic nitrogens is 1. The van der Waals surface area contributed by atoms with Crippen molar-refractivity contribution in [3.8, 4) is 0 Å². The number of nitrogens with zero attached hydrogens (tertiary/aromatic N) is 2. The van der Waals surface area contributed by atoms with Crippen LogP contribution in [0.25, 0.3) is 0 Å². The Morgan fingerprint density at radius 1 is 1.54 bits per heavy atom. The van der Waals surface area contributed by atoms with Crippen LogP contribution >= 0.6 is 11.6 Å². The van der Waals surface area contributed by atoms with Gasteiger partial charge in [0.25, 0.3) is 0 Å². The van der Waals surface area contributed by atoms with E-state index in [4.69, 9.17) is 11.6 Å². The molecule has 13 heavy (non-hydrogen) atoms. The number of allylic oxidation sites excluding steroid dienone is 1. The van der Waals surface area contributed by atoms with Crippen molar-refractivity contribution < 1.29 is 0 Å². The van der Waals surface area contributed by atoms with Crippen LogP contribution < -0.4 is 0 Å². The van der Waals surface area contributed by atoms with Gasteiger partial charge in [-0.05, 0) is 30.3 Å². The van der Waals surface area contributed by atoms with Crippen LogP contribution in [0.15, 0.2) is 30.6 Å². The minimum Gasteiger partial charge on any atom is -0.384 e. The Balaban J connectivity index is 2.55. The van der Waals surface area contributed by atoms with E-state index in [2.05, 4.69) is 11.1 Å². The van der Waals surface area contributed by atoms with Gasteiger partial charge in [-0.25, -0.2) is 4.98 Å². The van der Waals surface area contributed by atoms with Gasteiger partial charge < -0.3 is 4.90 Å². The first-order chi connectivity index (χ1) is 6.18. The molecule has 0 amide bonds. The van der Waals surface area contributed by atoms with Gasteiger partial charge in [0.05, 0.1) is 0 Å². The van der Waals surface area contributed by atoms with E-state index in [-0.39, 0.29) is 0 Å². The van der Waals surface area contributed by atoms with Gasteiger partial charge in [0.2, 0.25) is 0 Å². The molecule has 2 nitrogen and oxygen atoms in total. The van der Waals surface area contributed by atoms with Gasteiger partial charge in [-0.3, -0.25) is 0 Å². The molecular formula is C10H13ClN2. The molecule has 0 spiro atoms. The van der Waals surface area contributed by atoms with Gasteiger partial charge in [0, 0.05) is 20.3 Å². The van der Waals surface area contributed by atoms with Crippen LogP contribution in [0.1, 0.15) is 5.56 Å². The zero-order valence-electron chi connectivity index (χ0n) is 7.87. The minimum absolute atomic E-state index is 0.552. The van der Waals surface area contributed by atoms with Crippen molar-refractivity contribution in [2.24, 2.45) is 0 Å². The van der Waals surface area contributed by atoms with Gasteiger partial charge in [0.1, 0.15) is 5.15 Å². The molecule has 1 heterocycles. The highest BCUT2D eigenvalue weighted by Gasteiger charge is 1.91. The summed E-state index contributed by atoms with van der Waals surface area (Å²) in [6.45, 7) is 0. The second kappa shape index (κ2) is 4.87. The summed E-state index contributed by atoms with van der Waals surface area (Å²) in [6, 6.07) is 3.84. The van der Waals surface area contributed by atoms with Crippen molar-refractivity contribution in [3.63, 3.8) is 0 Å². The lowest BCUT2D eigenvalue weighted by molar-refractivity contribution is 0.562. The van der Waals surface area contributed by atoms with Crippen molar-refractivity contribution >= 4 is 11.6 Å². The van der Waals surface area contributed by atoms with Crippen LogP contribution in [0.5, 0.6) is 0 Å². The quantitative estimate of drug-likeness (QED) is 0.690. The summed E-state index contributed by atoms with van der Waals surface area (Å²) in [5.74, 6) is 0. The fourth-order valence-corrected chi connectivity index (χ4v) is 1.17. The Morgan fingerprint density at radius 2 is 2.31 bits per heavy atom. The predicted molar refractivity (Wildman–Crippen MR) is 55.8 cm³/mol. The van der Waals surface area contributed by atoms with Gasteiger partial charge in [-0.2, -0.15) is 0 Å². The normalized spacial score (nSPS) is 10.7. The zero-order valence-corrected chi connectivity index (χ0v) is 8.62. The summed E-state index contributed by atoms with van der Waals surface area (Å²) in [6.07, 6.45) is 6.72. The maximum Gasteiger partial charge on any atom is 0.129 e. The lowest BCUT2D eigenvalue weighted by Gasteiger charge is -2.03. The number of hydrogen-bond acceptors (Lipinski definition) is 2. The highest BCUT2D eigenvalue weighted by atomic mass is 35.5. The summed E-state index contributed by atoms with van der Waals surface area (Å²) < 4.78 is 0. The minimum atomic E-state index is 0.552. The van der Waals surface area contributed by atoms with Gasteiger partial charge in [-0.15, -0.1) is 0 Å². The summed E-state index contributed by atoms with van der Waals surface area (Å²) in [7, 11) is 3.99. The van der Waals surface area contributed by atoms with Crippen LogP contribution in [-0.2, 0) is 6.42 Å². The second-order valence-corrected chi connectivity index (χ2v) is 3.43. The number of hydrogen-bond donors (Lipinski definition) is 0. The van der Waals surface area contributed by atoms with E-state index in [1.807, 2.05) is 37.3 Å². The molecule has 0 fully saturated rings. The van der Waals surface area contributed by atoms with E-state index in [1.54, 1.807) is 6.20 Å². The summed E-state index contributed by atoms with van der Waals surface area (Å²) in [4.78, 5) is 5.92. The van der Waals surface area contributed by atoms with Crippen molar-refractivity contribution in [1.82, 2.24) is 9.88 Å². The van der Waals surface area contributed by atoms with Crippen LogP contribution in [0.2, 0.25) is 5.15 Å². The Morgan fingerprint density at radius 3 is 2.92 bits per heavy atom. The monoisotopic (exact) mass is 196 g/mol. The average molecular weight is 197 g/mol. The molecule has 0 aliphatic carbocycles. The molecule has 0 bridgehead atoms. The summed E-state index contributed by atoms with van der Waals surface area (Å²) in [5.41, 5.74) is 1.18. The summed E-state index contributed by atoms with van der Waals surface area (Å²) >= 11 is 5.74. The molecule has 0 N–H and O–H groups in total.